The largest absolute Gasteiger partial charge is 0.404 e. The van der Waals surface area contributed by atoms with Crippen molar-refractivity contribution in [3.8, 4) is 0 Å². The van der Waals surface area contributed by atoms with Gasteiger partial charge in [-0.1, -0.05) is 18.5 Å². The van der Waals surface area contributed by atoms with Crippen LogP contribution in [0, 0.1) is 23.4 Å². The number of nitrogens with one attached hydrogen (secondary N) is 2. The van der Waals surface area contributed by atoms with Crippen molar-refractivity contribution in [1.29, 1.82) is 0 Å². The maximum Gasteiger partial charge on any atom is 0.404 e. The number of alkyl halides is 3. The molecule has 32 heavy (non-hydrogen) atoms. The fraction of sp³-hybridized carbons (Fsp3) is 0.263. The van der Waals surface area contributed by atoms with E-state index >= 15 is 0 Å². The molecule has 0 fully saturated rings. The molecule has 6 N–H and O–H groups in total. The highest BCUT2D eigenvalue weighted by atomic mass is 35.5. The van der Waals surface area contributed by atoms with Crippen molar-refractivity contribution in [2.45, 2.75) is 25.3 Å². The quantitative estimate of drug-likeness (QED) is 0.296. The zero-order valence-corrected chi connectivity index (χ0v) is 17.1. The number of halogens is 7. The minimum absolute atomic E-state index is 0.0284. The van der Waals surface area contributed by atoms with Gasteiger partial charge < -0.3 is 16.8 Å². The van der Waals surface area contributed by atoms with Crippen LogP contribution in [-0.4, -0.2) is 30.3 Å². The summed E-state index contributed by atoms with van der Waals surface area (Å²) >= 11 is 5.76. The molecular formula is C19H18ClF6N5O. The molecule has 174 valence electrons. The molecular weight excluding hydrogens is 464 g/mol. The molecule has 0 saturated carbocycles. The molecule has 0 aliphatic carbocycles. The van der Waals surface area contributed by atoms with Gasteiger partial charge in [0.15, 0.2) is 11.6 Å². The van der Waals surface area contributed by atoms with E-state index in [-0.39, 0.29) is 16.3 Å². The molecule has 0 heterocycles. The van der Waals surface area contributed by atoms with E-state index in [1.807, 2.05) is 0 Å². The van der Waals surface area contributed by atoms with Gasteiger partial charge >= 0.3 is 6.18 Å². The number of amides is 1. The number of rotatable bonds is 5. The van der Waals surface area contributed by atoms with Crippen LogP contribution in [0.4, 0.5) is 32.0 Å². The van der Waals surface area contributed by atoms with Crippen molar-refractivity contribution in [3.63, 3.8) is 0 Å². The van der Waals surface area contributed by atoms with Gasteiger partial charge in [0.05, 0.1) is 0 Å². The van der Waals surface area contributed by atoms with Crippen LogP contribution < -0.4 is 22.1 Å². The van der Waals surface area contributed by atoms with E-state index in [0.29, 0.717) is 12.1 Å². The van der Waals surface area contributed by atoms with Gasteiger partial charge in [0.1, 0.15) is 18.0 Å². The van der Waals surface area contributed by atoms with Crippen molar-refractivity contribution in [1.82, 2.24) is 5.32 Å². The fourth-order valence-corrected chi connectivity index (χ4v) is 2.67. The van der Waals surface area contributed by atoms with Crippen LogP contribution in [0.2, 0.25) is 5.02 Å². The van der Waals surface area contributed by atoms with Gasteiger partial charge in [-0.05, 0) is 36.4 Å². The standard InChI is InChI=1S/C19H18ClF6N5O/c1-8(15(27)19(24,25)26)16(28)30-18(29-12-6-10(20)5-11(21)7-12)31-17(32)9-2-3-13(22)14(23)4-9/h2-8,15-16H,27-28H2,1H3,(H2,29,30,31,32). The molecule has 0 bridgehead atoms. The number of anilines is 1. The van der Waals surface area contributed by atoms with Crippen molar-refractivity contribution < 1.29 is 31.1 Å². The first-order valence-electron chi connectivity index (χ1n) is 8.93. The second-order valence-electron chi connectivity index (χ2n) is 6.76. The Bertz CT molecular complexity index is 996. The van der Waals surface area contributed by atoms with Crippen LogP contribution in [0.5, 0.6) is 0 Å². The highest BCUT2D eigenvalue weighted by molar-refractivity contribution is 6.31. The third kappa shape index (κ3) is 6.84. The molecule has 3 atom stereocenters. The lowest BCUT2D eigenvalue weighted by Gasteiger charge is -2.26. The van der Waals surface area contributed by atoms with Gasteiger partial charge in [-0.3, -0.25) is 10.1 Å². The Morgan fingerprint density at radius 2 is 1.72 bits per heavy atom. The first-order valence-corrected chi connectivity index (χ1v) is 9.31. The first-order chi connectivity index (χ1) is 14.8. The van der Waals surface area contributed by atoms with Gasteiger partial charge in [-0.15, -0.1) is 0 Å². The Morgan fingerprint density at radius 1 is 1.06 bits per heavy atom. The van der Waals surface area contributed by atoms with Gasteiger partial charge in [0, 0.05) is 22.2 Å². The average Bonchev–Trinajstić information content (AvgIpc) is 2.67. The van der Waals surface area contributed by atoms with Crippen LogP contribution >= 0.6 is 11.6 Å². The lowest BCUT2D eigenvalue weighted by Crippen LogP contribution is -2.50. The van der Waals surface area contributed by atoms with Crippen LogP contribution in [0.3, 0.4) is 0 Å². The topological polar surface area (TPSA) is 106 Å². The Kier molecular flexibility index (Phi) is 8.10. The van der Waals surface area contributed by atoms with E-state index in [9.17, 15) is 31.1 Å². The summed E-state index contributed by atoms with van der Waals surface area (Å²) in [6, 6.07) is 3.13. The third-order valence-corrected chi connectivity index (χ3v) is 4.52. The number of hydrogen-bond acceptors (Lipinski definition) is 4. The molecule has 13 heteroatoms. The van der Waals surface area contributed by atoms with Crippen molar-refractivity contribution in [3.05, 3.63) is 64.4 Å². The highest BCUT2D eigenvalue weighted by Crippen LogP contribution is 2.25. The lowest BCUT2D eigenvalue weighted by molar-refractivity contribution is -0.159. The van der Waals surface area contributed by atoms with Gasteiger partial charge in [0.25, 0.3) is 5.91 Å². The van der Waals surface area contributed by atoms with Crippen molar-refractivity contribution in [2.75, 3.05) is 5.32 Å². The van der Waals surface area contributed by atoms with Crippen LogP contribution in [-0.2, 0) is 0 Å². The van der Waals surface area contributed by atoms with E-state index in [1.165, 1.54) is 6.07 Å². The summed E-state index contributed by atoms with van der Waals surface area (Å²) in [6.45, 7) is 1.10. The average molecular weight is 482 g/mol. The van der Waals surface area contributed by atoms with E-state index in [4.69, 9.17) is 23.1 Å². The fourth-order valence-electron chi connectivity index (χ4n) is 2.45. The Hall–Kier alpha value is -2.83. The number of guanidine groups is 1. The molecule has 2 rings (SSSR count). The normalized spacial score (nSPS) is 15.1. The monoisotopic (exact) mass is 481 g/mol. The maximum absolute atomic E-state index is 13.6. The summed E-state index contributed by atoms with van der Waals surface area (Å²) < 4.78 is 78.9. The van der Waals surface area contributed by atoms with E-state index in [1.54, 1.807) is 0 Å². The highest BCUT2D eigenvalue weighted by Gasteiger charge is 2.42. The Morgan fingerprint density at radius 3 is 2.28 bits per heavy atom. The van der Waals surface area contributed by atoms with Crippen LogP contribution in [0.15, 0.2) is 41.4 Å². The van der Waals surface area contributed by atoms with E-state index in [2.05, 4.69) is 15.6 Å². The second kappa shape index (κ2) is 10.2. The van der Waals surface area contributed by atoms with Crippen LogP contribution in [0.25, 0.3) is 0 Å². The summed E-state index contributed by atoms with van der Waals surface area (Å²) in [5, 5.41) is 4.62. The smallest absolute Gasteiger partial charge is 0.326 e. The Balaban J connectivity index is 2.35. The Labute approximate surface area is 183 Å². The first kappa shape index (κ1) is 25.4. The maximum atomic E-state index is 13.6. The van der Waals surface area contributed by atoms with Crippen molar-refractivity contribution >= 4 is 29.2 Å². The molecule has 0 aliphatic rings. The molecule has 1 amide bonds. The third-order valence-electron chi connectivity index (χ3n) is 4.30. The molecule has 2 aromatic carbocycles. The number of carbonyl (C=O) groups excluding carboxylic acids is 1. The number of hydrogen-bond donors (Lipinski definition) is 4. The predicted octanol–water partition coefficient (Wildman–Crippen LogP) is 3.77. The van der Waals surface area contributed by atoms with Gasteiger partial charge in [0.2, 0.25) is 5.96 Å². The molecule has 3 unspecified atom stereocenters. The van der Waals surface area contributed by atoms with Crippen LogP contribution in [0.1, 0.15) is 17.3 Å². The van der Waals surface area contributed by atoms with Gasteiger partial charge in [-0.25, -0.2) is 18.2 Å². The number of nitrogens with zero attached hydrogens (tertiary/aromatic N) is 1. The number of carbonyl (C=O) groups is 1. The molecule has 2 aromatic rings. The minimum Gasteiger partial charge on any atom is -0.326 e. The van der Waals surface area contributed by atoms with E-state index < -0.39 is 53.6 Å². The summed E-state index contributed by atoms with van der Waals surface area (Å²) in [5.41, 5.74) is 10.5. The predicted molar refractivity (Wildman–Crippen MR) is 107 cm³/mol. The second-order valence-corrected chi connectivity index (χ2v) is 7.20. The summed E-state index contributed by atoms with van der Waals surface area (Å²) in [5.74, 6) is -6.19. The lowest BCUT2D eigenvalue weighted by atomic mass is 10.00. The van der Waals surface area contributed by atoms with Crippen molar-refractivity contribution in [2.24, 2.45) is 22.4 Å². The number of aliphatic imine (C=N–C) groups is 1. The van der Waals surface area contributed by atoms with E-state index in [0.717, 1.165) is 25.1 Å². The molecule has 0 radical (unpaired) electrons. The molecule has 0 saturated heterocycles. The molecule has 0 aliphatic heterocycles. The summed E-state index contributed by atoms with van der Waals surface area (Å²) in [7, 11) is 0. The zero-order valence-electron chi connectivity index (χ0n) is 16.4. The number of nitrogens with two attached hydrogens (primary N) is 2. The molecule has 6 nitrogen and oxygen atoms in total. The molecule has 0 aromatic heterocycles. The molecule has 0 spiro atoms. The number of benzene rings is 2. The van der Waals surface area contributed by atoms with Gasteiger partial charge in [-0.2, -0.15) is 13.2 Å². The summed E-state index contributed by atoms with van der Waals surface area (Å²) in [4.78, 5) is 16.2. The zero-order chi connectivity index (χ0) is 24.2. The minimum atomic E-state index is -4.76. The SMILES string of the molecule is CC(C(N)N=C(NC(=O)c1ccc(F)c(F)c1)Nc1cc(F)cc(Cl)c1)C(N)C(F)(F)F. The summed E-state index contributed by atoms with van der Waals surface area (Å²) in [6.07, 6.45) is -6.33.